The molecule has 1 aliphatic carbocycles. The number of methoxy groups -OCH3 is 1. The van der Waals surface area contributed by atoms with Crippen molar-refractivity contribution in [3.05, 3.63) is 59.7 Å². The first-order valence-electron chi connectivity index (χ1n) is 8.49. The second kappa shape index (κ2) is 7.40. The van der Waals surface area contributed by atoms with Crippen molar-refractivity contribution in [2.24, 2.45) is 5.92 Å². The number of ether oxygens (including phenoxy) is 1. The Labute approximate surface area is 150 Å². The van der Waals surface area contributed by atoms with Crippen LogP contribution in [-0.2, 0) is 11.0 Å². The minimum absolute atomic E-state index is 0.136. The van der Waals surface area contributed by atoms with E-state index in [2.05, 4.69) is 5.32 Å². The highest BCUT2D eigenvalue weighted by Crippen LogP contribution is 2.39. The fraction of sp³-hybridized carbons (Fsp3) is 0.350. The first-order chi connectivity index (χ1) is 12.4. The van der Waals surface area contributed by atoms with Crippen LogP contribution in [0.2, 0.25) is 0 Å². The molecule has 3 rings (SSSR count). The fourth-order valence-electron chi connectivity index (χ4n) is 3.42. The zero-order chi connectivity index (χ0) is 18.7. The predicted molar refractivity (Wildman–Crippen MR) is 93.1 cm³/mol. The van der Waals surface area contributed by atoms with E-state index in [0.717, 1.165) is 18.6 Å². The average Bonchev–Trinajstić information content (AvgIpc) is 3.05. The van der Waals surface area contributed by atoms with Crippen molar-refractivity contribution >= 4 is 11.5 Å². The van der Waals surface area contributed by atoms with Gasteiger partial charge in [0.1, 0.15) is 11.5 Å². The number of rotatable bonds is 5. The van der Waals surface area contributed by atoms with Crippen LogP contribution in [-0.4, -0.2) is 12.9 Å². The van der Waals surface area contributed by atoms with Crippen molar-refractivity contribution < 1.29 is 22.7 Å². The van der Waals surface area contributed by atoms with Gasteiger partial charge in [-0.1, -0.05) is 24.3 Å². The van der Waals surface area contributed by atoms with E-state index in [9.17, 15) is 18.0 Å². The van der Waals surface area contributed by atoms with Crippen molar-refractivity contribution in [2.75, 3.05) is 12.4 Å². The van der Waals surface area contributed by atoms with Gasteiger partial charge in [0.15, 0.2) is 0 Å². The van der Waals surface area contributed by atoms with Gasteiger partial charge in [0.25, 0.3) is 0 Å². The number of ketones is 1. The number of nitrogens with one attached hydrogen (secondary N) is 1. The van der Waals surface area contributed by atoms with E-state index >= 15 is 0 Å². The summed E-state index contributed by atoms with van der Waals surface area (Å²) in [7, 11) is 1.55. The maximum atomic E-state index is 12.8. The molecule has 2 atom stereocenters. The Morgan fingerprint density at radius 2 is 1.81 bits per heavy atom. The van der Waals surface area contributed by atoms with E-state index in [-0.39, 0.29) is 11.7 Å². The third kappa shape index (κ3) is 3.84. The summed E-state index contributed by atoms with van der Waals surface area (Å²) in [5, 5.41) is 3.32. The Kier molecular flexibility index (Phi) is 5.20. The second-order valence-corrected chi connectivity index (χ2v) is 6.41. The standard InChI is InChI=1S/C20H20F3NO2/c1-26-18-8-3-2-6-16(18)24-19(15-5-4-7-17(15)25)13-9-11-14(12-10-13)20(21,22)23/h2-3,6,8-12,15,19,24H,4-5,7H2,1H3. The van der Waals surface area contributed by atoms with Gasteiger partial charge in [-0.05, 0) is 42.7 Å². The highest BCUT2D eigenvalue weighted by atomic mass is 19.4. The zero-order valence-electron chi connectivity index (χ0n) is 14.3. The molecule has 0 bridgehead atoms. The van der Waals surface area contributed by atoms with Gasteiger partial charge in [0, 0.05) is 12.3 Å². The number of halogens is 3. The molecule has 0 aliphatic heterocycles. The molecule has 2 unspecified atom stereocenters. The van der Waals surface area contributed by atoms with Crippen LogP contribution in [0.1, 0.15) is 36.4 Å². The number of anilines is 1. The van der Waals surface area contributed by atoms with Crippen molar-refractivity contribution in [1.29, 1.82) is 0 Å². The summed E-state index contributed by atoms with van der Waals surface area (Å²) in [5.41, 5.74) is 0.666. The van der Waals surface area contributed by atoms with Gasteiger partial charge in [0.2, 0.25) is 0 Å². The highest BCUT2D eigenvalue weighted by Gasteiger charge is 2.35. The first-order valence-corrected chi connectivity index (χ1v) is 8.49. The number of hydrogen-bond donors (Lipinski definition) is 1. The second-order valence-electron chi connectivity index (χ2n) is 6.41. The Hall–Kier alpha value is -2.50. The number of carbonyl (C=O) groups is 1. The maximum Gasteiger partial charge on any atom is 0.416 e. The Bertz CT molecular complexity index is 771. The molecule has 1 aliphatic rings. The summed E-state index contributed by atoms with van der Waals surface area (Å²) in [4.78, 5) is 12.3. The third-order valence-electron chi connectivity index (χ3n) is 4.77. The topological polar surface area (TPSA) is 38.3 Å². The normalized spacial score (nSPS) is 18.6. The lowest BCUT2D eigenvalue weighted by Gasteiger charge is -2.26. The molecule has 0 amide bonds. The lowest BCUT2D eigenvalue weighted by molar-refractivity contribution is -0.137. The molecule has 0 spiro atoms. The quantitative estimate of drug-likeness (QED) is 0.790. The van der Waals surface area contributed by atoms with Gasteiger partial charge in [-0.25, -0.2) is 0 Å². The zero-order valence-corrected chi connectivity index (χ0v) is 14.3. The summed E-state index contributed by atoms with van der Waals surface area (Å²) < 4.78 is 43.9. The van der Waals surface area contributed by atoms with E-state index in [1.165, 1.54) is 12.1 Å². The molecular formula is C20H20F3NO2. The lowest BCUT2D eigenvalue weighted by Crippen LogP contribution is -2.24. The fourth-order valence-corrected chi connectivity index (χ4v) is 3.42. The van der Waals surface area contributed by atoms with Crippen LogP contribution in [0.3, 0.4) is 0 Å². The van der Waals surface area contributed by atoms with Crippen LogP contribution >= 0.6 is 0 Å². The Morgan fingerprint density at radius 1 is 1.12 bits per heavy atom. The minimum Gasteiger partial charge on any atom is -0.495 e. The van der Waals surface area contributed by atoms with Crippen LogP contribution in [0, 0.1) is 5.92 Å². The molecule has 26 heavy (non-hydrogen) atoms. The van der Waals surface area contributed by atoms with Gasteiger partial charge in [-0.3, -0.25) is 4.79 Å². The molecule has 0 saturated heterocycles. The van der Waals surface area contributed by atoms with Gasteiger partial charge in [-0.2, -0.15) is 13.2 Å². The molecule has 0 aromatic heterocycles. The molecule has 138 valence electrons. The molecule has 0 radical (unpaired) electrons. The van der Waals surface area contributed by atoms with Gasteiger partial charge in [-0.15, -0.1) is 0 Å². The molecule has 2 aromatic rings. The number of carbonyl (C=O) groups excluding carboxylic acids is 1. The number of alkyl halides is 3. The molecule has 3 nitrogen and oxygen atoms in total. The van der Waals surface area contributed by atoms with Crippen LogP contribution in [0.4, 0.5) is 18.9 Å². The number of Topliss-reactive ketones (excluding diaryl/α,β-unsaturated/α-hetero) is 1. The molecule has 1 N–H and O–H groups in total. The minimum atomic E-state index is -4.38. The third-order valence-corrected chi connectivity index (χ3v) is 4.77. The summed E-state index contributed by atoms with van der Waals surface area (Å²) in [6, 6.07) is 11.9. The largest absolute Gasteiger partial charge is 0.495 e. The molecule has 1 fully saturated rings. The lowest BCUT2D eigenvalue weighted by atomic mass is 9.90. The van der Waals surface area contributed by atoms with E-state index in [1.807, 2.05) is 18.2 Å². The van der Waals surface area contributed by atoms with Gasteiger partial charge >= 0.3 is 6.18 Å². The van der Waals surface area contributed by atoms with Crippen LogP contribution in [0.15, 0.2) is 48.5 Å². The smallest absolute Gasteiger partial charge is 0.416 e. The van der Waals surface area contributed by atoms with Gasteiger partial charge in [0.05, 0.1) is 24.4 Å². The average molecular weight is 363 g/mol. The SMILES string of the molecule is COc1ccccc1NC(c1ccc(C(F)(F)F)cc1)C1CCCC1=O. The van der Waals surface area contributed by atoms with Crippen molar-refractivity contribution in [1.82, 2.24) is 0 Å². The number of hydrogen-bond acceptors (Lipinski definition) is 3. The van der Waals surface area contributed by atoms with E-state index < -0.39 is 17.8 Å². The van der Waals surface area contributed by atoms with Gasteiger partial charge < -0.3 is 10.1 Å². The molecule has 2 aromatic carbocycles. The maximum absolute atomic E-state index is 12.8. The summed E-state index contributed by atoms with van der Waals surface area (Å²) in [6.45, 7) is 0. The van der Waals surface area contributed by atoms with Crippen molar-refractivity contribution in [2.45, 2.75) is 31.5 Å². The van der Waals surface area contributed by atoms with Crippen molar-refractivity contribution in [3.8, 4) is 5.75 Å². The summed E-state index contributed by atoms with van der Waals surface area (Å²) >= 11 is 0. The molecule has 1 saturated carbocycles. The predicted octanol–water partition coefficient (Wildman–Crippen LogP) is 5.24. The number of benzene rings is 2. The van der Waals surface area contributed by atoms with E-state index in [4.69, 9.17) is 4.74 Å². The van der Waals surface area contributed by atoms with Crippen LogP contribution in [0.25, 0.3) is 0 Å². The molecular weight excluding hydrogens is 343 g/mol. The van der Waals surface area contributed by atoms with E-state index in [0.29, 0.717) is 29.8 Å². The summed E-state index contributed by atoms with van der Waals surface area (Å²) in [5.74, 6) is 0.490. The number of para-hydroxylation sites is 2. The Balaban J connectivity index is 1.95. The van der Waals surface area contributed by atoms with Crippen LogP contribution in [0.5, 0.6) is 5.75 Å². The highest BCUT2D eigenvalue weighted by molar-refractivity contribution is 5.84. The Morgan fingerprint density at radius 3 is 2.38 bits per heavy atom. The monoisotopic (exact) mass is 363 g/mol. The summed E-state index contributed by atoms with van der Waals surface area (Å²) in [6.07, 6.45) is -2.36. The first kappa shape index (κ1) is 18.3. The van der Waals surface area contributed by atoms with Crippen molar-refractivity contribution in [3.63, 3.8) is 0 Å². The molecule has 0 heterocycles. The van der Waals surface area contributed by atoms with E-state index in [1.54, 1.807) is 13.2 Å². The molecule has 6 heteroatoms. The van der Waals surface area contributed by atoms with Crippen LogP contribution < -0.4 is 10.1 Å².